The summed E-state index contributed by atoms with van der Waals surface area (Å²) < 4.78 is 30.9. The molecule has 5 nitrogen and oxygen atoms in total. The molecular formula is C17H22N2O3S. The highest BCUT2D eigenvalue weighted by molar-refractivity contribution is 7.92. The molecule has 0 spiro atoms. The van der Waals surface area contributed by atoms with Gasteiger partial charge >= 0.3 is 0 Å². The van der Waals surface area contributed by atoms with E-state index in [1.807, 2.05) is 36.4 Å². The normalized spacial score (nSPS) is 11.0. The molecule has 6 heteroatoms. The Morgan fingerprint density at radius 2 is 1.65 bits per heavy atom. The Morgan fingerprint density at radius 1 is 1.00 bits per heavy atom. The van der Waals surface area contributed by atoms with Crippen LogP contribution in [0.25, 0.3) is 0 Å². The summed E-state index contributed by atoms with van der Waals surface area (Å²) in [5, 5.41) is 3.32. The minimum atomic E-state index is -3.23. The standard InChI is InChI=1S/C17H22N2O3S/c1-3-23(20,21)19-16-10-8-15(9-11-16)18-13-12-14-6-4-5-7-17(14)22-2/h4-11,18-19H,3,12-13H2,1-2H3. The van der Waals surface area contributed by atoms with Gasteiger partial charge < -0.3 is 10.1 Å². The first-order valence-corrected chi connectivity index (χ1v) is 9.15. The van der Waals surface area contributed by atoms with E-state index in [1.54, 1.807) is 26.2 Å². The zero-order chi connectivity index (χ0) is 16.7. The number of hydrogen-bond donors (Lipinski definition) is 2. The molecule has 2 N–H and O–H groups in total. The van der Waals surface area contributed by atoms with Crippen molar-refractivity contribution < 1.29 is 13.2 Å². The maximum absolute atomic E-state index is 11.5. The van der Waals surface area contributed by atoms with Crippen molar-refractivity contribution in [3.05, 3.63) is 54.1 Å². The van der Waals surface area contributed by atoms with Crippen LogP contribution in [0.3, 0.4) is 0 Å². The fraction of sp³-hybridized carbons (Fsp3) is 0.294. The van der Waals surface area contributed by atoms with Crippen LogP contribution in [0.1, 0.15) is 12.5 Å². The largest absolute Gasteiger partial charge is 0.496 e. The Labute approximate surface area is 137 Å². The predicted molar refractivity (Wildman–Crippen MR) is 94.7 cm³/mol. The highest BCUT2D eigenvalue weighted by Crippen LogP contribution is 2.19. The average Bonchev–Trinajstić information content (AvgIpc) is 2.56. The van der Waals surface area contributed by atoms with E-state index in [1.165, 1.54) is 0 Å². The lowest BCUT2D eigenvalue weighted by Crippen LogP contribution is -2.14. The second-order valence-corrected chi connectivity index (χ2v) is 7.08. The zero-order valence-corrected chi connectivity index (χ0v) is 14.2. The summed E-state index contributed by atoms with van der Waals surface area (Å²) in [7, 11) is -1.56. The van der Waals surface area contributed by atoms with Crippen molar-refractivity contribution in [2.45, 2.75) is 13.3 Å². The summed E-state index contributed by atoms with van der Waals surface area (Å²) in [6.07, 6.45) is 0.841. The smallest absolute Gasteiger partial charge is 0.232 e. The second-order valence-electron chi connectivity index (χ2n) is 5.07. The molecule has 0 aromatic heterocycles. The van der Waals surface area contributed by atoms with E-state index in [0.29, 0.717) is 5.69 Å². The first kappa shape index (κ1) is 17.1. The van der Waals surface area contributed by atoms with Crippen LogP contribution in [-0.2, 0) is 16.4 Å². The van der Waals surface area contributed by atoms with Crippen molar-refractivity contribution in [2.75, 3.05) is 29.4 Å². The number of hydrogen-bond acceptors (Lipinski definition) is 4. The molecule has 0 aliphatic rings. The molecule has 23 heavy (non-hydrogen) atoms. The quantitative estimate of drug-likeness (QED) is 0.778. The predicted octanol–water partition coefficient (Wildman–Crippen LogP) is 3.11. The van der Waals surface area contributed by atoms with Crippen LogP contribution in [0.4, 0.5) is 11.4 Å². The minimum Gasteiger partial charge on any atom is -0.496 e. The highest BCUT2D eigenvalue weighted by atomic mass is 32.2. The molecule has 0 unspecified atom stereocenters. The van der Waals surface area contributed by atoms with Gasteiger partial charge in [0.15, 0.2) is 0 Å². The molecule has 2 aromatic rings. The number of nitrogens with one attached hydrogen (secondary N) is 2. The van der Waals surface area contributed by atoms with Crippen LogP contribution in [0, 0.1) is 0 Å². The number of para-hydroxylation sites is 1. The lowest BCUT2D eigenvalue weighted by molar-refractivity contribution is 0.410. The monoisotopic (exact) mass is 334 g/mol. The number of benzene rings is 2. The lowest BCUT2D eigenvalue weighted by Gasteiger charge is -2.11. The Morgan fingerprint density at radius 3 is 2.30 bits per heavy atom. The first-order valence-electron chi connectivity index (χ1n) is 7.50. The molecule has 2 rings (SSSR count). The van der Waals surface area contributed by atoms with Gasteiger partial charge in [0, 0.05) is 17.9 Å². The maximum atomic E-state index is 11.5. The van der Waals surface area contributed by atoms with Crippen molar-refractivity contribution in [1.29, 1.82) is 0 Å². The molecule has 0 heterocycles. The van der Waals surface area contributed by atoms with E-state index in [9.17, 15) is 8.42 Å². The van der Waals surface area contributed by atoms with Gasteiger partial charge in [0.05, 0.1) is 12.9 Å². The van der Waals surface area contributed by atoms with Crippen LogP contribution in [0.5, 0.6) is 5.75 Å². The summed E-state index contributed by atoms with van der Waals surface area (Å²) in [5.41, 5.74) is 2.66. The second kappa shape index (κ2) is 7.87. The first-order chi connectivity index (χ1) is 11.0. The van der Waals surface area contributed by atoms with Gasteiger partial charge in [-0.1, -0.05) is 18.2 Å². The molecule has 0 aliphatic carbocycles. The molecule has 0 saturated heterocycles. The van der Waals surface area contributed by atoms with Crippen molar-refractivity contribution in [2.24, 2.45) is 0 Å². The molecule has 0 fully saturated rings. The number of anilines is 2. The Bertz CT molecular complexity index is 728. The van der Waals surface area contributed by atoms with Gasteiger partial charge in [0.25, 0.3) is 0 Å². The molecule has 0 radical (unpaired) electrons. The molecule has 2 aromatic carbocycles. The molecule has 0 saturated carbocycles. The third-order valence-corrected chi connectivity index (χ3v) is 4.76. The molecule has 0 bridgehead atoms. The molecular weight excluding hydrogens is 312 g/mol. The summed E-state index contributed by atoms with van der Waals surface area (Å²) >= 11 is 0. The van der Waals surface area contributed by atoms with E-state index >= 15 is 0 Å². The summed E-state index contributed by atoms with van der Waals surface area (Å²) in [6, 6.07) is 15.1. The van der Waals surface area contributed by atoms with Crippen LogP contribution in [0.15, 0.2) is 48.5 Å². The summed E-state index contributed by atoms with van der Waals surface area (Å²) in [6.45, 7) is 2.37. The van der Waals surface area contributed by atoms with E-state index in [0.717, 1.165) is 30.0 Å². The van der Waals surface area contributed by atoms with Gasteiger partial charge in [-0.2, -0.15) is 0 Å². The third-order valence-electron chi connectivity index (χ3n) is 3.45. The average molecular weight is 334 g/mol. The fourth-order valence-electron chi connectivity index (χ4n) is 2.16. The van der Waals surface area contributed by atoms with E-state index in [4.69, 9.17) is 4.74 Å². The zero-order valence-electron chi connectivity index (χ0n) is 13.4. The Hall–Kier alpha value is -2.21. The molecule has 0 aliphatic heterocycles. The number of methoxy groups -OCH3 is 1. The Balaban J connectivity index is 1.89. The third kappa shape index (κ3) is 5.17. The van der Waals surface area contributed by atoms with Gasteiger partial charge in [0.1, 0.15) is 5.75 Å². The van der Waals surface area contributed by atoms with Gasteiger partial charge in [-0.3, -0.25) is 4.72 Å². The maximum Gasteiger partial charge on any atom is 0.232 e. The minimum absolute atomic E-state index is 0.0614. The fourth-order valence-corrected chi connectivity index (χ4v) is 2.80. The van der Waals surface area contributed by atoms with Crippen LogP contribution in [0.2, 0.25) is 0 Å². The van der Waals surface area contributed by atoms with Gasteiger partial charge in [-0.05, 0) is 49.2 Å². The topological polar surface area (TPSA) is 67.4 Å². The number of rotatable bonds is 8. The lowest BCUT2D eigenvalue weighted by atomic mass is 10.1. The van der Waals surface area contributed by atoms with Crippen molar-refractivity contribution >= 4 is 21.4 Å². The van der Waals surface area contributed by atoms with E-state index in [2.05, 4.69) is 10.0 Å². The van der Waals surface area contributed by atoms with Crippen LogP contribution in [-0.4, -0.2) is 27.8 Å². The van der Waals surface area contributed by atoms with Crippen molar-refractivity contribution in [3.8, 4) is 5.75 Å². The molecule has 0 atom stereocenters. The van der Waals surface area contributed by atoms with E-state index in [-0.39, 0.29) is 5.75 Å². The summed E-state index contributed by atoms with van der Waals surface area (Å²) in [5.74, 6) is 0.949. The number of ether oxygens (including phenoxy) is 1. The van der Waals surface area contributed by atoms with Gasteiger partial charge in [0.2, 0.25) is 10.0 Å². The van der Waals surface area contributed by atoms with Crippen LogP contribution >= 0.6 is 0 Å². The summed E-state index contributed by atoms with van der Waals surface area (Å²) in [4.78, 5) is 0. The molecule has 0 amide bonds. The van der Waals surface area contributed by atoms with Crippen LogP contribution < -0.4 is 14.8 Å². The number of sulfonamides is 1. The van der Waals surface area contributed by atoms with Crippen molar-refractivity contribution in [1.82, 2.24) is 0 Å². The van der Waals surface area contributed by atoms with E-state index < -0.39 is 10.0 Å². The van der Waals surface area contributed by atoms with Crippen molar-refractivity contribution in [3.63, 3.8) is 0 Å². The SMILES string of the molecule is CCS(=O)(=O)Nc1ccc(NCCc2ccccc2OC)cc1. The molecule has 124 valence electrons. The Kier molecular flexibility index (Phi) is 5.87. The highest BCUT2D eigenvalue weighted by Gasteiger charge is 2.06. The van der Waals surface area contributed by atoms with Gasteiger partial charge in [-0.25, -0.2) is 8.42 Å². The van der Waals surface area contributed by atoms with Gasteiger partial charge in [-0.15, -0.1) is 0 Å².